The molecule has 0 unspecified atom stereocenters. The van der Waals surface area contributed by atoms with Gasteiger partial charge in [-0.05, 0) is 36.8 Å². The fourth-order valence-corrected chi connectivity index (χ4v) is 3.57. The van der Waals surface area contributed by atoms with E-state index in [-0.39, 0.29) is 17.3 Å². The van der Waals surface area contributed by atoms with Crippen molar-refractivity contribution in [2.24, 2.45) is 0 Å². The van der Waals surface area contributed by atoms with Gasteiger partial charge in [0.05, 0.1) is 20.8 Å². The third-order valence-electron chi connectivity index (χ3n) is 3.90. The van der Waals surface area contributed by atoms with Crippen LogP contribution in [0.4, 0.5) is 32.5 Å². The van der Waals surface area contributed by atoms with E-state index in [9.17, 15) is 14.5 Å². The van der Waals surface area contributed by atoms with E-state index >= 15 is 0 Å². The van der Waals surface area contributed by atoms with E-state index in [1.54, 1.807) is 6.07 Å². The molecule has 4 aromatic rings. The Morgan fingerprint density at radius 3 is 2.61 bits per heavy atom. The van der Waals surface area contributed by atoms with Gasteiger partial charge in [-0.3, -0.25) is 10.1 Å². The maximum absolute atomic E-state index is 13.9. The number of nitrogens with one attached hydrogen (secondary N) is 2. The Hall–Kier alpha value is -3.66. The molecule has 0 spiro atoms. The number of para-hydroxylation sites is 1. The van der Waals surface area contributed by atoms with Crippen molar-refractivity contribution in [1.82, 2.24) is 15.0 Å². The standard InChI is InChI=1S/C18H13FN6O2S/c1-10-6-7-13-14(8-10)28-18(23-13)24-17-15(25(26)27)16(20-9-21-17)22-12-5-3-2-4-11(12)19/h2-9H,1H3,(H2,20,21,22,23,24). The van der Waals surface area contributed by atoms with Crippen LogP contribution in [0, 0.1) is 22.9 Å². The SMILES string of the molecule is Cc1ccc2nc(Nc3ncnc(Nc4ccccc4F)c3[N+](=O)[O-])sc2c1. The van der Waals surface area contributed by atoms with Crippen molar-refractivity contribution in [1.29, 1.82) is 0 Å². The minimum Gasteiger partial charge on any atom is -0.332 e. The first-order valence-corrected chi connectivity index (χ1v) is 8.98. The fraction of sp³-hybridized carbons (Fsp3) is 0.0556. The summed E-state index contributed by atoms with van der Waals surface area (Å²) in [5.74, 6) is -0.703. The number of fused-ring (bicyclic) bond motifs is 1. The molecule has 0 radical (unpaired) electrons. The normalized spacial score (nSPS) is 10.8. The van der Waals surface area contributed by atoms with Gasteiger partial charge in [0.25, 0.3) is 0 Å². The maximum Gasteiger partial charge on any atom is 0.353 e. The Kier molecular flexibility index (Phi) is 4.53. The Balaban J connectivity index is 1.72. The van der Waals surface area contributed by atoms with Crippen LogP contribution in [-0.4, -0.2) is 19.9 Å². The lowest BCUT2D eigenvalue weighted by atomic mass is 10.2. The summed E-state index contributed by atoms with van der Waals surface area (Å²) in [7, 11) is 0. The summed E-state index contributed by atoms with van der Waals surface area (Å²) in [6.07, 6.45) is 1.16. The minimum absolute atomic E-state index is 0.0328. The van der Waals surface area contributed by atoms with Crippen LogP contribution in [0.3, 0.4) is 0 Å². The molecule has 0 aliphatic carbocycles. The number of aryl methyl sites for hydroxylation is 1. The smallest absolute Gasteiger partial charge is 0.332 e. The van der Waals surface area contributed by atoms with Gasteiger partial charge in [0.2, 0.25) is 11.6 Å². The Labute approximate surface area is 162 Å². The number of anilines is 4. The van der Waals surface area contributed by atoms with Crippen LogP contribution in [0.15, 0.2) is 48.8 Å². The van der Waals surface area contributed by atoms with Crippen LogP contribution in [0.1, 0.15) is 5.56 Å². The first kappa shape index (κ1) is 17.7. The summed E-state index contributed by atoms with van der Waals surface area (Å²) in [5.41, 5.74) is 1.54. The lowest BCUT2D eigenvalue weighted by Crippen LogP contribution is -2.06. The quantitative estimate of drug-likeness (QED) is 0.364. The summed E-state index contributed by atoms with van der Waals surface area (Å²) in [5, 5.41) is 17.7. The van der Waals surface area contributed by atoms with E-state index in [2.05, 4.69) is 25.6 Å². The lowest BCUT2D eigenvalue weighted by molar-refractivity contribution is -0.383. The number of rotatable bonds is 5. The van der Waals surface area contributed by atoms with Gasteiger partial charge in [0.15, 0.2) is 5.13 Å². The van der Waals surface area contributed by atoms with Gasteiger partial charge in [-0.2, -0.15) is 0 Å². The van der Waals surface area contributed by atoms with Crippen LogP contribution < -0.4 is 10.6 Å². The number of aromatic nitrogens is 3. The Bertz CT molecular complexity index is 1200. The van der Waals surface area contributed by atoms with E-state index in [0.717, 1.165) is 22.1 Å². The molecule has 0 saturated heterocycles. The van der Waals surface area contributed by atoms with Gasteiger partial charge >= 0.3 is 5.69 Å². The van der Waals surface area contributed by atoms with Crippen LogP contribution in [0.5, 0.6) is 0 Å². The molecule has 0 amide bonds. The third kappa shape index (κ3) is 3.45. The molecule has 2 N–H and O–H groups in total. The number of hydrogen-bond acceptors (Lipinski definition) is 8. The van der Waals surface area contributed by atoms with Crippen LogP contribution >= 0.6 is 11.3 Å². The molecule has 8 nitrogen and oxygen atoms in total. The zero-order valence-electron chi connectivity index (χ0n) is 14.5. The molecule has 140 valence electrons. The van der Waals surface area contributed by atoms with Gasteiger partial charge < -0.3 is 10.6 Å². The number of hydrogen-bond donors (Lipinski definition) is 2. The number of thiazole rings is 1. The number of benzene rings is 2. The number of nitrogens with zero attached hydrogens (tertiary/aromatic N) is 4. The van der Waals surface area contributed by atoms with Gasteiger partial charge in [0, 0.05) is 0 Å². The topological polar surface area (TPSA) is 106 Å². The monoisotopic (exact) mass is 396 g/mol. The highest BCUT2D eigenvalue weighted by Crippen LogP contribution is 2.35. The number of nitro groups is 1. The average Bonchev–Trinajstić information content (AvgIpc) is 3.05. The second-order valence-electron chi connectivity index (χ2n) is 5.90. The second kappa shape index (κ2) is 7.16. The molecule has 2 aromatic heterocycles. The maximum atomic E-state index is 13.9. The summed E-state index contributed by atoms with van der Waals surface area (Å²) < 4.78 is 14.9. The summed E-state index contributed by atoms with van der Waals surface area (Å²) >= 11 is 1.35. The van der Waals surface area contributed by atoms with E-state index < -0.39 is 16.4 Å². The molecule has 2 aromatic carbocycles. The molecule has 0 aliphatic heterocycles. The zero-order valence-corrected chi connectivity index (χ0v) is 15.3. The lowest BCUT2D eigenvalue weighted by Gasteiger charge is -2.09. The highest BCUT2D eigenvalue weighted by atomic mass is 32.1. The number of halogens is 1. The average molecular weight is 396 g/mol. The molecule has 0 saturated carbocycles. The molecule has 28 heavy (non-hydrogen) atoms. The Morgan fingerprint density at radius 1 is 1.11 bits per heavy atom. The largest absolute Gasteiger partial charge is 0.353 e. The molecule has 0 bridgehead atoms. The molecule has 0 aliphatic rings. The first-order valence-electron chi connectivity index (χ1n) is 8.16. The molecular formula is C18H13FN6O2S. The Morgan fingerprint density at radius 2 is 1.86 bits per heavy atom. The van der Waals surface area contributed by atoms with E-state index in [0.29, 0.717) is 5.13 Å². The van der Waals surface area contributed by atoms with Crippen LogP contribution in [0.2, 0.25) is 0 Å². The molecule has 0 fully saturated rings. The van der Waals surface area contributed by atoms with Crippen molar-refractivity contribution in [3.05, 3.63) is 70.3 Å². The van der Waals surface area contributed by atoms with E-state index in [1.165, 1.54) is 29.5 Å². The molecular weight excluding hydrogens is 383 g/mol. The van der Waals surface area contributed by atoms with E-state index in [1.807, 2.05) is 25.1 Å². The summed E-state index contributed by atoms with van der Waals surface area (Å²) in [4.78, 5) is 23.3. The van der Waals surface area contributed by atoms with Crippen LogP contribution in [0.25, 0.3) is 10.2 Å². The second-order valence-corrected chi connectivity index (χ2v) is 6.93. The highest BCUT2D eigenvalue weighted by molar-refractivity contribution is 7.22. The van der Waals surface area contributed by atoms with Gasteiger partial charge in [-0.15, -0.1) is 0 Å². The summed E-state index contributed by atoms with van der Waals surface area (Å²) in [6, 6.07) is 11.7. The van der Waals surface area contributed by atoms with Crippen molar-refractivity contribution in [2.45, 2.75) is 6.92 Å². The molecule has 10 heteroatoms. The first-order chi connectivity index (χ1) is 13.5. The van der Waals surface area contributed by atoms with Gasteiger partial charge in [-0.1, -0.05) is 29.5 Å². The zero-order chi connectivity index (χ0) is 19.7. The van der Waals surface area contributed by atoms with Crippen LogP contribution in [-0.2, 0) is 0 Å². The van der Waals surface area contributed by atoms with Gasteiger partial charge in [0.1, 0.15) is 12.1 Å². The van der Waals surface area contributed by atoms with E-state index in [4.69, 9.17) is 0 Å². The molecule has 0 atom stereocenters. The van der Waals surface area contributed by atoms with Crippen molar-refractivity contribution in [2.75, 3.05) is 10.6 Å². The van der Waals surface area contributed by atoms with Crippen molar-refractivity contribution in [3.63, 3.8) is 0 Å². The van der Waals surface area contributed by atoms with Crippen molar-refractivity contribution in [3.8, 4) is 0 Å². The predicted molar refractivity (Wildman–Crippen MR) is 106 cm³/mol. The molecule has 4 rings (SSSR count). The predicted octanol–water partition coefficient (Wildman–Crippen LogP) is 4.93. The third-order valence-corrected chi connectivity index (χ3v) is 4.83. The van der Waals surface area contributed by atoms with Gasteiger partial charge in [-0.25, -0.2) is 19.3 Å². The van der Waals surface area contributed by atoms with Crippen molar-refractivity contribution >= 4 is 49.7 Å². The fourth-order valence-electron chi connectivity index (χ4n) is 2.61. The summed E-state index contributed by atoms with van der Waals surface area (Å²) in [6.45, 7) is 1.97. The van der Waals surface area contributed by atoms with Crippen molar-refractivity contribution < 1.29 is 9.31 Å². The minimum atomic E-state index is -0.622. The molecule has 2 heterocycles. The highest BCUT2D eigenvalue weighted by Gasteiger charge is 2.24.